The van der Waals surface area contributed by atoms with E-state index in [1.54, 1.807) is 6.92 Å². The van der Waals surface area contributed by atoms with E-state index in [4.69, 9.17) is 4.74 Å². The molecule has 1 heterocycles. The summed E-state index contributed by atoms with van der Waals surface area (Å²) in [4.78, 5) is 35.9. The lowest BCUT2D eigenvalue weighted by atomic mass is 9.97. The lowest BCUT2D eigenvalue weighted by Gasteiger charge is -2.10. The summed E-state index contributed by atoms with van der Waals surface area (Å²) in [6, 6.07) is 5.87. The molecule has 27 heavy (non-hydrogen) atoms. The second-order valence-electron chi connectivity index (χ2n) is 5.90. The third kappa shape index (κ3) is 4.83. The van der Waals surface area contributed by atoms with Gasteiger partial charge in [-0.1, -0.05) is 18.2 Å². The van der Waals surface area contributed by atoms with Gasteiger partial charge in [-0.15, -0.1) is 11.3 Å². The van der Waals surface area contributed by atoms with Gasteiger partial charge in [0, 0.05) is 16.5 Å². The number of benzene rings is 1. The number of carbonyl (C=O) groups is 3. The van der Waals surface area contributed by atoms with Crippen molar-refractivity contribution in [3.63, 3.8) is 0 Å². The molecular weight excluding hydrogens is 366 g/mol. The van der Waals surface area contributed by atoms with Crippen molar-refractivity contribution in [3.05, 3.63) is 51.9 Å². The average Bonchev–Trinajstić information content (AvgIpc) is 2.91. The van der Waals surface area contributed by atoms with Gasteiger partial charge in [-0.2, -0.15) is 0 Å². The summed E-state index contributed by atoms with van der Waals surface area (Å²) in [5.74, 6) is -2.69. The third-order valence-electron chi connectivity index (χ3n) is 3.97. The number of aryl methyl sites for hydroxylation is 3. The van der Waals surface area contributed by atoms with Crippen molar-refractivity contribution in [1.29, 1.82) is 0 Å². The number of nitrogens with one attached hydrogen (secondary N) is 1. The highest BCUT2D eigenvalue weighted by Crippen LogP contribution is 2.40. The summed E-state index contributed by atoms with van der Waals surface area (Å²) in [5, 5.41) is 13.3. The Balaban J connectivity index is 2.55. The Hall–Kier alpha value is -2.93. The second-order valence-corrected chi connectivity index (χ2v) is 7.12. The van der Waals surface area contributed by atoms with E-state index in [0.717, 1.165) is 27.6 Å². The van der Waals surface area contributed by atoms with E-state index in [1.807, 2.05) is 39.0 Å². The van der Waals surface area contributed by atoms with Crippen molar-refractivity contribution in [2.45, 2.75) is 27.7 Å². The van der Waals surface area contributed by atoms with Crippen LogP contribution in [0.5, 0.6) is 0 Å². The molecule has 0 spiro atoms. The number of rotatable bonds is 6. The van der Waals surface area contributed by atoms with Gasteiger partial charge in [-0.3, -0.25) is 4.79 Å². The van der Waals surface area contributed by atoms with Gasteiger partial charge in [-0.05, 0) is 50.5 Å². The Labute approximate surface area is 161 Å². The maximum absolute atomic E-state index is 12.6. The molecule has 1 amide bonds. The summed E-state index contributed by atoms with van der Waals surface area (Å²) in [6.07, 6.45) is 1.47. The number of aliphatic carboxylic acids is 1. The van der Waals surface area contributed by atoms with Crippen LogP contribution in [-0.4, -0.2) is 24.5 Å². The van der Waals surface area contributed by atoms with E-state index in [1.165, 1.54) is 11.3 Å². The second kappa shape index (κ2) is 8.64. The topological polar surface area (TPSA) is 95.5 Å². The van der Waals surface area contributed by atoms with Crippen molar-refractivity contribution in [2.24, 2.45) is 0 Å². The number of carboxylic acid groups (broad SMARTS) is 1. The zero-order valence-electron chi connectivity index (χ0n) is 15.5. The number of hydrogen-bond donors (Lipinski definition) is 1. The summed E-state index contributed by atoms with van der Waals surface area (Å²) in [7, 11) is 0. The van der Waals surface area contributed by atoms with Gasteiger partial charge in [0.2, 0.25) is 5.91 Å². The van der Waals surface area contributed by atoms with E-state index in [2.05, 4.69) is 5.32 Å². The molecule has 7 heteroatoms. The van der Waals surface area contributed by atoms with Crippen LogP contribution in [-0.2, 0) is 14.3 Å². The van der Waals surface area contributed by atoms with Gasteiger partial charge < -0.3 is 20.0 Å². The molecule has 0 fully saturated rings. The molecule has 1 aromatic carbocycles. The zero-order chi connectivity index (χ0) is 20.1. The first-order chi connectivity index (χ1) is 12.7. The molecule has 6 nitrogen and oxygen atoms in total. The Bertz CT molecular complexity index is 927. The van der Waals surface area contributed by atoms with Crippen molar-refractivity contribution in [2.75, 3.05) is 11.9 Å². The number of esters is 1. The molecule has 0 bridgehead atoms. The normalized spacial score (nSPS) is 10.8. The summed E-state index contributed by atoms with van der Waals surface area (Å²) >= 11 is 1.23. The fourth-order valence-electron chi connectivity index (χ4n) is 2.57. The molecule has 0 aliphatic rings. The largest absolute Gasteiger partial charge is 0.545 e. The highest BCUT2D eigenvalue weighted by molar-refractivity contribution is 7.17. The van der Waals surface area contributed by atoms with Gasteiger partial charge in [-0.25, -0.2) is 4.79 Å². The molecule has 2 rings (SSSR count). The minimum Gasteiger partial charge on any atom is -0.545 e. The third-order valence-corrected chi connectivity index (χ3v) is 4.99. The number of ether oxygens (including phenoxy) is 1. The van der Waals surface area contributed by atoms with E-state index in [0.29, 0.717) is 16.6 Å². The number of amides is 1. The van der Waals surface area contributed by atoms with Gasteiger partial charge in [0.05, 0.1) is 12.6 Å². The number of carboxylic acids is 1. The smallest absolute Gasteiger partial charge is 0.341 e. The van der Waals surface area contributed by atoms with Crippen LogP contribution in [0.25, 0.3) is 11.1 Å². The summed E-state index contributed by atoms with van der Waals surface area (Å²) in [6.45, 7) is 7.73. The maximum Gasteiger partial charge on any atom is 0.341 e. The van der Waals surface area contributed by atoms with Crippen LogP contribution in [0.2, 0.25) is 0 Å². The first-order valence-electron chi connectivity index (χ1n) is 8.32. The van der Waals surface area contributed by atoms with E-state index in [9.17, 15) is 19.5 Å². The molecule has 1 aromatic heterocycles. The fraction of sp³-hybridized carbons (Fsp3) is 0.250. The molecule has 1 N–H and O–H groups in total. The van der Waals surface area contributed by atoms with E-state index < -0.39 is 17.8 Å². The van der Waals surface area contributed by atoms with Gasteiger partial charge in [0.15, 0.2) is 0 Å². The van der Waals surface area contributed by atoms with E-state index >= 15 is 0 Å². The maximum atomic E-state index is 12.6. The van der Waals surface area contributed by atoms with Gasteiger partial charge >= 0.3 is 5.97 Å². The van der Waals surface area contributed by atoms with Crippen LogP contribution in [0.15, 0.2) is 30.4 Å². The standard InChI is InChI=1S/C20H21NO5S/c1-5-26-20(25)18-17(14-7-6-11(2)12(3)10-14)13(4)27-19(18)21-15(22)8-9-16(23)24/h6-10H,5H2,1-4H3,(H,21,22)(H,23,24)/p-1. The Morgan fingerprint density at radius 1 is 1.15 bits per heavy atom. The highest BCUT2D eigenvalue weighted by Gasteiger charge is 2.25. The number of anilines is 1. The van der Waals surface area contributed by atoms with Crippen LogP contribution < -0.4 is 10.4 Å². The fourth-order valence-corrected chi connectivity index (χ4v) is 3.64. The van der Waals surface area contributed by atoms with Crippen molar-refractivity contribution < 1.29 is 24.2 Å². The van der Waals surface area contributed by atoms with Crippen LogP contribution in [0.1, 0.15) is 33.3 Å². The number of carbonyl (C=O) groups excluding carboxylic acids is 3. The lowest BCUT2D eigenvalue weighted by Crippen LogP contribution is -2.20. The number of hydrogen-bond acceptors (Lipinski definition) is 6. The van der Waals surface area contributed by atoms with Crippen LogP contribution in [0.3, 0.4) is 0 Å². The quantitative estimate of drug-likeness (QED) is 0.608. The zero-order valence-corrected chi connectivity index (χ0v) is 16.4. The molecule has 0 radical (unpaired) electrons. The number of thiophene rings is 1. The van der Waals surface area contributed by atoms with E-state index in [-0.39, 0.29) is 12.2 Å². The molecule has 2 aromatic rings. The molecule has 0 saturated heterocycles. The first-order valence-corrected chi connectivity index (χ1v) is 9.14. The molecule has 142 valence electrons. The molecule has 0 aliphatic heterocycles. The molecular formula is C20H20NO5S-. The van der Waals surface area contributed by atoms with Crippen molar-refractivity contribution in [1.82, 2.24) is 0 Å². The van der Waals surface area contributed by atoms with Crippen LogP contribution >= 0.6 is 11.3 Å². The minimum atomic E-state index is -1.48. The summed E-state index contributed by atoms with van der Waals surface area (Å²) < 4.78 is 5.17. The monoisotopic (exact) mass is 386 g/mol. The molecule has 0 saturated carbocycles. The van der Waals surface area contributed by atoms with Gasteiger partial charge in [0.25, 0.3) is 0 Å². The highest BCUT2D eigenvalue weighted by atomic mass is 32.1. The first kappa shape index (κ1) is 20.4. The van der Waals surface area contributed by atoms with Crippen LogP contribution in [0, 0.1) is 20.8 Å². The Morgan fingerprint density at radius 2 is 1.85 bits per heavy atom. The molecule has 0 aliphatic carbocycles. The predicted octanol–water partition coefficient (Wildman–Crippen LogP) is 2.76. The lowest BCUT2D eigenvalue weighted by molar-refractivity contribution is -0.297. The molecule has 0 unspecified atom stereocenters. The molecule has 0 atom stereocenters. The Morgan fingerprint density at radius 3 is 2.44 bits per heavy atom. The van der Waals surface area contributed by atoms with Crippen LogP contribution in [0.4, 0.5) is 5.00 Å². The van der Waals surface area contributed by atoms with Crippen molar-refractivity contribution in [3.8, 4) is 11.1 Å². The van der Waals surface area contributed by atoms with Gasteiger partial charge in [0.1, 0.15) is 10.6 Å². The SMILES string of the molecule is CCOC(=O)c1c(NC(=O)C=CC(=O)[O-])sc(C)c1-c1ccc(C)c(C)c1. The summed E-state index contributed by atoms with van der Waals surface area (Å²) in [5.41, 5.74) is 4.01. The minimum absolute atomic E-state index is 0.193. The average molecular weight is 386 g/mol. The predicted molar refractivity (Wildman–Crippen MR) is 103 cm³/mol. The van der Waals surface area contributed by atoms with Crippen molar-refractivity contribution >= 4 is 34.2 Å². The Kier molecular flexibility index (Phi) is 6.52.